The zero-order valence-corrected chi connectivity index (χ0v) is 17.4. The number of anilines is 1. The number of hydrogen-bond acceptors (Lipinski definition) is 5. The SMILES string of the molecule is CCCOC(=O)c1c(NC(=O)[C@H]2[C@H](C(=O)O)[C@H]3C=C[C@H]2C3)sc2c1CCCCC2. The van der Waals surface area contributed by atoms with Crippen molar-refractivity contribution in [1.29, 1.82) is 0 Å². The quantitative estimate of drug-likeness (QED) is 0.414. The van der Waals surface area contributed by atoms with E-state index in [-0.39, 0.29) is 23.7 Å². The van der Waals surface area contributed by atoms with Crippen molar-refractivity contribution in [3.63, 3.8) is 0 Å². The summed E-state index contributed by atoms with van der Waals surface area (Å²) in [7, 11) is 0. The van der Waals surface area contributed by atoms with Crippen molar-refractivity contribution in [2.45, 2.75) is 51.9 Å². The first-order valence-electron chi connectivity index (χ1n) is 10.5. The van der Waals surface area contributed by atoms with E-state index in [1.807, 2.05) is 19.1 Å². The second-order valence-corrected chi connectivity index (χ2v) is 9.34. The van der Waals surface area contributed by atoms with Crippen LogP contribution in [0.4, 0.5) is 5.00 Å². The van der Waals surface area contributed by atoms with Crippen LogP contribution in [0.2, 0.25) is 0 Å². The molecular formula is C22H27NO5S. The summed E-state index contributed by atoms with van der Waals surface area (Å²) in [6.45, 7) is 2.29. The van der Waals surface area contributed by atoms with Gasteiger partial charge in [-0.2, -0.15) is 0 Å². The molecule has 0 unspecified atom stereocenters. The van der Waals surface area contributed by atoms with Crippen LogP contribution in [0.15, 0.2) is 12.2 Å². The summed E-state index contributed by atoms with van der Waals surface area (Å²) in [6.07, 6.45) is 10.3. The lowest BCUT2D eigenvalue weighted by molar-refractivity contribution is -0.146. The number of ether oxygens (including phenoxy) is 1. The second-order valence-electron chi connectivity index (χ2n) is 8.23. The van der Waals surface area contributed by atoms with Gasteiger partial charge in [0.25, 0.3) is 0 Å². The summed E-state index contributed by atoms with van der Waals surface area (Å²) in [6, 6.07) is 0. The molecule has 0 aromatic carbocycles. The number of allylic oxidation sites excluding steroid dienone is 2. The predicted octanol–water partition coefficient (Wildman–Crippen LogP) is 4.05. The van der Waals surface area contributed by atoms with Crippen molar-refractivity contribution in [3.8, 4) is 0 Å². The minimum Gasteiger partial charge on any atom is -0.481 e. The van der Waals surface area contributed by atoms with E-state index in [4.69, 9.17) is 4.74 Å². The van der Waals surface area contributed by atoms with E-state index >= 15 is 0 Å². The molecule has 29 heavy (non-hydrogen) atoms. The number of carboxylic acid groups (broad SMARTS) is 1. The number of carbonyl (C=O) groups is 3. The van der Waals surface area contributed by atoms with E-state index in [1.165, 1.54) is 11.3 Å². The van der Waals surface area contributed by atoms with Gasteiger partial charge in [-0.3, -0.25) is 9.59 Å². The highest BCUT2D eigenvalue weighted by atomic mass is 32.1. The summed E-state index contributed by atoms with van der Waals surface area (Å²) in [5.74, 6) is -3.02. The number of rotatable bonds is 6. The first-order chi connectivity index (χ1) is 14.0. The normalized spacial score (nSPS) is 27.3. The van der Waals surface area contributed by atoms with Crippen molar-refractivity contribution in [2.75, 3.05) is 11.9 Å². The zero-order chi connectivity index (χ0) is 20.5. The highest BCUT2D eigenvalue weighted by Gasteiger charge is 2.51. The number of aryl methyl sites for hydroxylation is 1. The molecule has 0 saturated heterocycles. The first kappa shape index (κ1) is 20.1. The van der Waals surface area contributed by atoms with Crippen molar-refractivity contribution < 1.29 is 24.2 Å². The molecule has 0 radical (unpaired) electrons. The van der Waals surface area contributed by atoms with E-state index in [1.54, 1.807) is 0 Å². The number of esters is 1. The summed E-state index contributed by atoms with van der Waals surface area (Å²) >= 11 is 1.46. The molecular weight excluding hydrogens is 390 g/mol. The van der Waals surface area contributed by atoms with Crippen LogP contribution in [0.5, 0.6) is 0 Å². The highest BCUT2D eigenvalue weighted by Crippen LogP contribution is 2.49. The Kier molecular flexibility index (Phi) is 5.76. The molecule has 156 valence electrons. The second kappa shape index (κ2) is 8.30. The number of amides is 1. The van der Waals surface area contributed by atoms with Gasteiger partial charge in [0, 0.05) is 4.88 Å². The lowest BCUT2D eigenvalue weighted by atomic mass is 9.82. The van der Waals surface area contributed by atoms with Gasteiger partial charge in [-0.05, 0) is 55.9 Å². The number of carbonyl (C=O) groups excluding carboxylic acids is 2. The Morgan fingerprint density at radius 1 is 1.14 bits per heavy atom. The van der Waals surface area contributed by atoms with Crippen LogP contribution in [-0.2, 0) is 27.2 Å². The number of aliphatic carboxylic acids is 1. The van der Waals surface area contributed by atoms with Gasteiger partial charge in [-0.15, -0.1) is 11.3 Å². The predicted molar refractivity (Wildman–Crippen MR) is 110 cm³/mol. The molecule has 1 aromatic rings. The first-order valence-corrected chi connectivity index (χ1v) is 11.4. The molecule has 1 saturated carbocycles. The molecule has 2 N–H and O–H groups in total. The number of thiophene rings is 1. The zero-order valence-electron chi connectivity index (χ0n) is 16.6. The lowest BCUT2D eigenvalue weighted by Crippen LogP contribution is -2.36. The smallest absolute Gasteiger partial charge is 0.341 e. The standard InChI is InChI=1S/C22H27NO5S/c1-2-10-28-22(27)18-14-6-4-3-5-7-15(14)29-20(18)23-19(24)16-12-8-9-13(11-12)17(16)21(25)26/h8-9,12-13,16-17H,2-7,10-11H2,1H3,(H,23,24)(H,25,26)/t12-,13-,16+,17+/m0/s1. The Morgan fingerprint density at radius 2 is 1.86 bits per heavy atom. The number of fused-ring (bicyclic) bond motifs is 3. The molecule has 0 spiro atoms. The van der Waals surface area contributed by atoms with Gasteiger partial charge < -0.3 is 15.2 Å². The van der Waals surface area contributed by atoms with E-state index in [0.717, 1.165) is 49.0 Å². The molecule has 1 fully saturated rings. The summed E-state index contributed by atoms with van der Waals surface area (Å²) < 4.78 is 5.41. The van der Waals surface area contributed by atoms with E-state index in [2.05, 4.69) is 5.32 Å². The Labute approximate surface area is 174 Å². The van der Waals surface area contributed by atoms with Crippen molar-refractivity contribution in [2.24, 2.45) is 23.7 Å². The van der Waals surface area contributed by atoms with Crippen molar-refractivity contribution in [3.05, 3.63) is 28.2 Å². The van der Waals surface area contributed by atoms with Gasteiger partial charge in [0.05, 0.1) is 24.0 Å². The number of nitrogens with one attached hydrogen (secondary N) is 1. The topological polar surface area (TPSA) is 92.7 Å². The minimum atomic E-state index is -0.924. The fraction of sp³-hybridized carbons (Fsp3) is 0.591. The fourth-order valence-electron chi connectivity index (χ4n) is 5.03. The van der Waals surface area contributed by atoms with Crippen LogP contribution in [0.1, 0.15) is 59.8 Å². The van der Waals surface area contributed by atoms with Crippen molar-refractivity contribution in [1.82, 2.24) is 0 Å². The molecule has 2 bridgehead atoms. The largest absolute Gasteiger partial charge is 0.481 e. The maximum Gasteiger partial charge on any atom is 0.341 e. The van der Waals surface area contributed by atoms with Gasteiger partial charge in [-0.1, -0.05) is 25.5 Å². The van der Waals surface area contributed by atoms with Crippen molar-refractivity contribution >= 4 is 34.2 Å². The molecule has 6 nitrogen and oxygen atoms in total. The van der Waals surface area contributed by atoms with Crippen LogP contribution in [0.25, 0.3) is 0 Å². The average Bonchev–Trinajstić information content (AvgIpc) is 3.35. The van der Waals surface area contributed by atoms with Gasteiger partial charge in [-0.25, -0.2) is 4.79 Å². The molecule has 3 aliphatic rings. The third-order valence-electron chi connectivity index (χ3n) is 6.35. The Morgan fingerprint density at radius 3 is 2.59 bits per heavy atom. The van der Waals surface area contributed by atoms with Gasteiger partial charge in [0.2, 0.25) is 5.91 Å². The van der Waals surface area contributed by atoms with E-state index in [0.29, 0.717) is 23.6 Å². The molecule has 1 aromatic heterocycles. The maximum atomic E-state index is 13.1. The number of hydrogen-bond donors (Lipinski definition) is 2. The Bertz CT molecular complexity index is 858. The van der Waals surface area contributed by atoms with Crippen LogP contribution >= 0.6 is 11.3 Å². The van der Waals surface area contributed by atoms with Crippen LogP contribution in [0.3, 0.4) is 0 Å². The van der Waals surface area contributed by atoms with Crippen LogP contribution < -0.4 is 5.32 Å². The summed E-state index contributed by atoms with van der Waals surface area (Å²) in [5, 5.41) is 13.1. The molecule has 4 rings (SSSR count). The summed E-state index contributed by atoms with van der Waals surface area (Å²) in [4.78, 5) is 38.8. The van der Waals surface area contributed by atoms with Gasteiger partial charge >= 0.3 is 11.9 Å². The molecule has 1 heterocycles. The molecule has 0 aliphatic heterocycles. The van der Waals surface area contributed by atoms with Gasteiger partial charge in [0.1, 0.15) is 5.00 Å². The monoisotopic (exact) mass is 417 g/mol. The third-order valence-corrected chi connectivity index (χ3v) is 7.55. The van der Waals surface area contributed by atoms with E-state index in [9.17, 15) is 19.5 Å². The lowest BCUT2D eigenvalue weighted by Gasteiger charge is -2.23. The van der Waals surface area contributed by atoms with Crippen LogP contribution in [0, 0.1) is 23.7 Å². The Balaban J connectivity index is 1.62. The molecule has 7 heteroatoms. The maximum absolute atomic E-state index is 13.1. The third kappa shape index (κ3) is 3.72. The Hall–Kier alpha value is -2.15. The van der Waals surface area contributed by atoms with Crippen LogP contribution in [-0.4, -0.2) is 29.6 Å². The fourth-order valence-corrected chi connectivity index (χ4v) is 6.31. The molecule has 4 atom stereocenters. The van der Waals surface area contributed by atoms with E-state index < -0.39 is 17.8 Å². The van der Waals surface area contributed by atoms with Gasteiger partial charge in [0.15, 0.2) is 0 Å². The average molecular weight is 418 g/mol. The molecule has 1 amide bonds. The summed E-state index contributed by atoms with van der Waals surface area (Å²) in [5.41, 5.74) is 1.49. The highest BCUT2D eigenvalue weighted by molar-refractivity contribution is 7.17. The number of carboxylic acids is 1. The molecule has 3 aliphatic carbocycles. The minimum absolute atomic E-state index is 0.0469.